The fourth-order valence-corrected chi connectivity index (χ4v) is 3.75. The van der Waals surface area contributed by atoms with E-state index in [1.54, 1.807) is 0 Å². The molecule has 8 heteroatoms. The van der Waals surface area contributed by atoms with Crippen LogP contribution in [-0.2, 0) is 12.8 Å². The maximum absolute atomic E-state index is 12.1. The predicted molar refractivity (Wildman–Crippen MR) is 79.9 cm³/mol. The van der Waals surface area contributed by atoms with Crippen LogP contribution >= 0.6 is 22.9 Å². The second-order valence-electron chi connectivity index (χ2n) is 4.62. The summed E-state index contributed by atoms with van der Waals surface area (Å²) in [5.41, 5.74) is 6.95. The van der Waals surface area contributed by atoms with Gasteiger partial charge < -0.3 is 11.1 Å². The zero-order valence-electron chi connectivity index (χ0n) is 10.9. The number of hydrogen-bond donors (Lipinski definition) is 2. The van der Waals surface area contributed by atoms with Gasteiger partial charge in [0.25, 0.3) is 11.8 Å². The summed E-state index contributed by atoms with van der Waals surface area (Å²) in [4.78, 5) is 24.9. The van der Waals surface area contributed by atoms with Crippen LogP contribution in [0.1, 0.15) is 37.7 Å². The summed E-state index contributed by atoms with van der Waals surface area (Å²) in [5, 5.41) is 10.7. The molecule has 0 unspecified atom stereocenters. The summed E-state index contributed by atoms with van der Waals surface area (Å²) in [7, 11) is 0. The van der Waals surface area contributed by atoms with Crippen LogP contribution < -0.4 is 11.1 Å². The molecular formula is C13H11ClN4O2S. The first-order valence-electron chi connectivity index (χ1n) is 6.31. The van der Waals surface area contributed by atoms with Gasteiger partial charge in [-0.05, 0) is 37.0 Å². The van der Waals surface area contributed by atoms with Crippen LogP contribution in [0.25, 0.3) is 0 Å². The minimum atomic E-state index is -0.521. The van der Waals surface area contributed by atoms with E-state index in [2.05, 4.69) is 15.5 Å². The van der Waals surface area contributed by atoms with Gasteiger partial charge in [-0.25, -0.2) is 0 Å². The number of primary amides is 1. The molecule has 1 aliphatic rings. The Balaban J connectivity index is 1.90. The molecule has 2 heterocycles. The minimum Gasteiger partial charge on any atom is -0.365 e. The van der Waals surface area contributed by atoms with Gasteiger partial charge in [-0.3, -0.25) is 9.59 Å². The van der Waals surface area contributed by atoms with E-state index in [1.165, 1.54) is 23.5 Å². The normalized spacial score (nSPS) is 13.0. The lowest BCUT2D eigenvalue weighted by Gasteiger charge is -2.05. The van der Waals surface area contributed by atoms with Crippen molar-refractivity contribution in [3.63, 3.8) is 0 Å². The lowest BCUT2D eigenvalue weighted by molar-refractivity contribution is 0.100. The molecule has 0 saturated heterocycles. The highest BCUT2D eigenvalue weighted by Gasteiger charge is 2.26. The zero-order chi connectivity index (χ0) is 15.0. The zero-order valence-corrected chi connectivity index (χ0v) is 12.4. The summed E-state index contributed by atoms with van der Waals surface area (Å²) in [5.74, 6) is -0.964. The molecule has 0 bridgehead atoms. The monoisotopic (exact) mass is 322 g/mol. The van der Waals surface area contributed by atoms with Crippen LogP contribution in [0.15, 0.2) is 12.1 Å². The van der Waals surface area contributed by atoms with Crippen molar-refractivity contribution >= 4 is 39.8 Å². The van der Waals surface area contributed by atoms with E-state index >= 15 is 0 Å². The fourth-order valence-electron chi connectivity index (χ4n) is 2.36. The second kappa shape index (κ2) is 5.42. The van der Waals surface area contributed by atoms with Gasteiger partial charge in [0.15, 0.2) is 10.8 Å². The quantitative estimate of drug-likeness (QED) is 0.903. The Morgan fingerprint density at radius 3 is 2.76 bits per heavy atom. The van der Waals surface area contributed by atoms with E-state index in [0.717, 1.165) is 29.7 Å². The van der Waals surface area contributed by atoms with Gasteiger partial charge in [0.1, 0.15) is 5.00 Å². The Morgan fingerprint density at radius 1 is 1.29 bits per heavy atom. The average Bonchev–Trinajstić information content (AvgIpc) is 2.98. The van der Waals surface area contributed by atoms with Crippen molar-refractivity contribution in [1.82, 2.24) is 10.2 Å². The standard InChI is InChI=1S/C13H11ClN4O2S/c14-9-5-4-7(17-18-9)12(20)16-13-10(11(15)19)6-2-1-3-8(6)21-13/h4-5H,1-3H2,(H2,15,19)(H,16,20). The van der Waals surface area contributed by atoms with E-state index in [-0.39, 0.29) is 10.8 Å². The van der Waals surface area contributed by atoms with E-state index in [9.17, 15) is 9.59 Å². The number of nitrogens with zero attached hydrogens (tertiary/aromatic N) is 2. The Kier molecular flexibility index (Phi) is 3.60. The van der Waals surface area contributed by atoms with Gasteiger partial charge in [0.2, 0.25) is 0 Å². The Labute approximate surface area is 129 Å². The number of nitrogens with one attached hydrogen (secondary N) is 1. The predicted octanol–water partition coefficient (Wildman–Crippen LogP) is 2.03. The van der Waals surface area contributed by atoms with Crippen LogP contribution in [0.3, 0.4) is 0 Å². The summed E-state index contributed by atoms with van der Waals surface area (Å²) < 4.78 is 0. The molecule has 1 aliphatic carbocycles. The maximum Gasteiger partial charge on any atom is 0.276 e. The smallest absolute Gasteiger partial charge is 0.276 e. The topological polar surface area (TPSA) is 98.0 Å². The first-order chi connectivity index (χ1) is 10.1. The number of fused-ring (bicyclic) bond motifs is 1. The van der Waals surface area contributed by atoms with Gasteiger partial charge in [0.05, 0.1) is 5.56 Å². The second-order valence-corrected chi connectivity index (χ2v) is 6.11. The van der Waals surface area contributed by atoms with Gasteiger partial charge >= 0.3 is 0 Å². The Morgan fingerprint density at radius 2 is 2.10 bits per heavy atom. The number of nitrogens with two attached hydrogens (primary N) is 1. The number of amides is 2. The number of aromatic nitrogens is 2. The molecule has 0 radical (unpaired) electrons. The van der Waals surface area contributed by atoms with Crippen LogP contribution in [0.5, 0.6) is 0 Å². The first kappa shape index (κ1) is 14.0. The van der Waals surface area contributed by atoms with Gasteiger partial charge in [0, 0.05) is 4.88 Å². The van der Waals surface area contributed by atoms with Crippen molar-refractivity contribution in [3.05, 3.63) is 39.0 Å². The molecule has 3 N–H and O–H groups in total. The molecule has 2 aromatic heterocycles. The molecule has 2 amide bonds. The van der Waals surface area contributed by atoms with Crippen LogP contribution in [0.4, 0.5) is 5.00 Å². The number of hydrogen-bond acceptors (Lipinski definition) is 5. The summed E-state index contributed by atoms with van der Waals surface area (Å²) in [6.07, 6.45) is 2.75. The Bertz CT molecular complexity index is 727. The Hall–Kier alpha value is -1.99. The molecule has 0 aliphatic heterocycles. The van der Waals surface area contributed by atoms with Crippen molar-refractivity contribution in [1.29, 1.82) is 0 Å². The number of rotatable bonds is 3. The average molecular weight is 323 g/mol. The highest BCUT2D eigenvalue weighted by atomic mass is 35.5. The van der Waals surface area contributed by atoms with Crippen molar-refractivity contribution < 1.29 is 9.59 Å². The van der Waals surface area contributed by atoms with Crippen LogP contribution in [0, 0.1) is 0 Å². The van der Waals surface area contributed by atoms with E-state index in [1.807, 2.05) is 0 Å². The number of carbonyl (C=O) groups is 2. The summed E-state index contributed by atoms with van der Waals surface area (Å²) in [6, 6.07) is 2.95. The minimum absolute atomic E-state index is 0.128. The fraction of sp³-hybridized carbons (Fsp3) is 0.231. The van der Waals surface area contributed by atoms with Gasteiger partial charge in [-0.15, -0.1) is 21.5 Å². The number of anilines is 1. The van der Waals surface area contributed by atoms with Crippen molar-refractivity contribution in [2.75, 3.05) is 5.32 Å². The summed E-state index contributed by atoms with van der Waals surface area (Å²) in [6.45, 7) is 0. The van der Waals surface area contributed by atoms with E-state index in [0.29, 0.717) is 10.6 Å². The highest BCUT2D eigenvalue weighted by Crippen LogP contribution is 2.38. The molecule has 0 atom stereocenters. The van der Waals surface area contributed by atoms with Crippen molar-refractivity contribution in [2.24, 2.45) is 5.73 Å². The maximum atomic E-state index is 12.1. The summed E-state index contributed by atoms with van der Waals surface area (Å²) >= 11 is 7.03. The molecule has 0 aromatic carbocycles. The first-order valence-corrected chi connectivity index (χ1v) is 7.50. The molecular weight excluding hydrogens is 312 g/mol. The number of carbonyl (C=O) groups excluding carboxylic acids is 2. The number of thiophene rings is 1. The van der Waals surface area contributed by atoms with Crippen LogP contribution in [0.2, 0.25) is 5.15 Å². The third-order valence-corrected chi connectivity index (χ3v) is 4.67. The van der Waals surface area contributed by atoms with E-state index < -0.39 is 11.8 Å². The van der Waals surface area contributed by atoms with Crippen molar-refractivity contribution in [3.8, 4) is 0 Å². The number of halogens is 1. The van der Waals surface area contributed by atoms with Gasteiger partial charge in [-0.1, -0.05) is 11.6 Å². The molecule has 2 aromatic rings. The number of aryl methyl sites for hydroxylation is 1. The molecule has 0 fully saturated rings. The van der Waals surface area contributed by atoms with Gasteiger partial charge in [-0.2, -0.15) is 0 Å². The van der Waals surface area contributed by atoms with Crippen molar-refractivity contribution in [2.45, 2.75) is 19.3 Å². The molecule has 0 spiro atoms. The third kappa shape index (κ3) is 2.62. The molecule has 108 valence electrons. The SMILES string of the molecule is NC(=O)c1c(NC(=O)c2ccc(Cl)nn2)sc2c1CCC2. The molecule has 21 heavy (non-hydrogen) atoms. The third-order valence-electron chi connectivity index (χ3n) is 3.26. The largest absolute Gasteiger partial charge is 0.365 e. The molecule has 3 rings (SSSR count). The lowest BCUT2D eigenvalue weighted by atomic mass is 10.1. The van der Waals surface area contributed by atoms with Crippen LogP contribution in [-0.4, -0.2) is 22.0 Å². The molecule has 0 saturated carbocycles. The lowest BCUT2D eigenvalue weighted by Crippen LogP contribution is -2.18. The highest BCUT2D eigenvalue weighted by molar-refractivity contribution is 7.17. The molecule has 6 nitrogen and oxygen atoms in total. The van der Waals surface area contributed by atoms with E-state index in [4.69, 9.17) is 17.3 Å².